The SMILES string of the molecule is Cc1ccc(CN2CCCC3(CCN(c4ccsc4)C3=O)C2)o1.O=C(O)C(F)(F)F. The summed E-state index contributed by atoms with van der Waals surface area (Å²) < 4.78 is 37.4. The van der Waals surface area contributed by atoms with E-state index in [2.05, 4.69) is 10.3 Å². The van der Waals surface area contributed by atoms with Crippen molar-refractivity contribution in [2.75, 3.05) is 24.5 Å². The van der Waals surface area contributed by atoms with Gasteiger partial charge >= 0.3 is 12.1 Å². The van der Waals surface area contributed by atoms with Crippen LogP contribution in [-0.2, 0) is 16.1 Å². The van der Waals surface area contributed by atoms with Crippen molar-refractivity contribution in [2.24, 2.45) is 5.41 Å². The molecule has 0 aromatic carbocycles. The van der Waals surface area contributed by atoms with Crippen LogP contribution in [0.3, 0.4) is 0 Å². The number of furan rings is 1. The number of carboxylic acid groups (broad SMARTS) is 1. The fourth-order valence-electron chi connectivity index (χ4n) is 4.01. The van der Waals surface area contributed by atoms with Gasteiger partial charge in [0.25, 0.3) is 0 Å². The number of likely N-dealkylation sites (tertiary alicyclic amines) is 1. The highest BCUT2D eigenvalue weighted by atomic mass is 32.1. The Labute approximate surface area is 175 Å². The second-order valence-corrected chi connectivity index (χ2v) is 8.38. The van der Waals surface area contributed by atoms with Crippen molar-refractivity contribution in [3.63, 3.8) is 0 Å². The monoisotopic (exact) mass is 444 g/mol. The Hall–Kier alpha value is -2.33. The number of aliphatic carboxylic acids is 1. The molecule has 2 aromatic rings. The van der Waals surface area contributed by atoms with E-state index in [-0.39, 0.29) is 5.41 Å². The predicted molar refractivity (Wildman–Crippen MR) is 105 cm³/mol. The number of hydrogen-bond donors (Lipinski definition) is 1. The topological polar surface area (TPSA) is 74.0 Å². The maximum Gasteiger partial charge on any atom is 0.490 e. The first-order valence-electron chi connectivity index (χ1n) is 9.53. The van der Waals surface area contributed by atoms with Gasteiger partial charge < -0.3 is 14.4 Å². The van der Waals surface area contributed by atoms with Crippen molar-refractivity contribution in [1.82, 2.24) is 4.90 Å². The molecule has 1 atom stereocenters. The summed E-state index contributed by atoms with van der Waals surface area (Å²) in [4.78, 5) is 26.3. The molecular formula is C20H23F3N2O4S. The zero-order valence-electron chi connectivity index (χ0n) is 16.4. The molecule has 2 saturated heterocycles. The van der Waals surface area contributed by atoms with Crippen molar-refractivity contribution >= 4 is 28.9 Å². The summed E-state index contributed by atoms with van der Waals surface area (Å²) in [6.07, 6.45) is -2.02. The van der Waals surface area contributed by atoms with Crippen LogP contribution in [-0.4, -0.2) is 47.7 Å². The normalized spacial score (nSPS) is 22.3. The molecule has 4 heterocycles. The lowest BCUT2D eigenvalue weighted by Gasteiger charge is -2.38. The fourth-order valence-corrected chi connectivity index (χ4v) is 4.65. The van der Waals surface area contributed by atoms with Crippen molar-refractivity contribution in [1.29, 1.82) is 0 Å². The number of halogens is 3. The van der Waals surface area contributed by atoms with Crippen molar-refractivity contribution in [3.8, 4) is 0 Å². The van der Waals surface area contributed by atoms with Crippen LogP contribution in [0.1, 0.15) is 30.8 Å². The van der Waals surface area contributed by atoms with E-state index >= 15 is 0 Å². The first-order valence-corrected chi connectivity index (χ1v) is 10.5. The highest BCUT2D eigenvalue weighted by Gasteiger charge is 2.49. The molecule has 1 N–H and O–H groups in total. The van der Waals surface area contributed by atoms with Gasteiger partial charge in [-0.3, -0.25) is 9.69 Å². The Kier molecular flexibility index (Phi) is 6.56. The Morgan fingerprint density at radius 2 is 2.00 bits per heavy atom. The van der Waals surface area contributed by atoms with Gasteiger partial charge in [0, 0.05) is 18.5 Å². The van der Waals surface area contributed by atoms with Gasteiger partial charge in [0.15, 0.2) is 0 Å². The summed E-state index contributed by atoms with van der Waals surface area (Å²) in [5.41, 5.74) is 0.873. The number of alkyl halides is 3. The lowest BCUT2D eigenvalue weighted by atomic mass is 9.78. The second-order valence-electron chi connectivity index (χ2n) is 7.60. The molecule has 30 heavy (non-hydrogen) atoms. The molecule has 2 aliphatic heterocycles. The number of anilines is 1. The molecule has 2 aliphatic rings. The Morgan fingerprint density at radius 3 is 2.57 bits per heavy atom. The summed E-state index contributed by atoms with van der Waals surface area (Å²) in [6, 6.07) is 6.10. The van der Waals surface area contributed by atoms with E-state index in [9.17, 15) is 18.0 Å². The molecule has 1 amide bonds. The standard InChI is InChI=1S/C18H22N2O2S.C2HF3O2/c1-14-3-4-16(22-14)11-19-8-2-6-18(13-19)7-9-20(17(18)21)15-5-10-23-12-15;3-2(4,5)1(6)7/h3-5,10,12H,2,6-9,11,13H2,1H3;(H,6,7). The lowest BCUT2D eigenvalue weighted by molar-refractivity contribution is -0.192. The van der Waals surface area contributed by atoms with Gasteiger partial charge in [0.05, 0.1) is 17.6 Å². The van der Waals surface area contributed by atoms with E-state index in [0.717, 1.165) is 62.6 Å². The molecular weight excluding hydrogens is 421 g/mol. The van der Waals surface area contributed by atoms with Crippen LogP contribution >= 0.6 is 11.3 Å². The van der Waals surface area contributed by atoms with E-state index in [4.69, 9.17) is 14.3 Å². The molecule has 0 aliphatic carbocycles. The number of carbonyl (C=O) groups is 2. The summed E-state index contributed by atoms with van der Waals surface area (Å²) in [6.45, 7) is 5.53. The highest BCUT2D eigenvalue weighted by molar-refractivity contribution is 7.08. The smallest absolute Gasteiger partial charge is 0.475 e. The summed E-state index contributed by atoms with van der Waals surface area (Å²) in [5, 5.41) is 11.2. The van der Waals surface area contributed by atoms with E-state index < -0.39 is 12.1 Å². The fraction of sp³-hybridized carbons (Fsp3) is 0.500. The summed E-state index contributed by atoms with van der Waals surface area (Å²) in [7, 11) is 0. The average Bonchev–Trinajstić information content (AvgIpc) is 3.39. The van der Waals surface area contributed by atoms with Gasteiger partial charge in [-0.2, -0.15) is 24.5 Å². The first-order chi connectivity index (χ1) is 14.1. The van der Waals surface area contributed by atoms with Crippen LogP contribution in [0.4, 0.5) is 18.9 Å². The summed E-state index contributed by atoms with van der Waals surface area (Å²) in [5.74, 6) is -0.490. The molecule has 0 saturated carbocycles. The maximum absolute atomic E-state index is 13.1. The number of carboxylic acids is 1. The number of rotatable bonds is 3. The zero-order chi connectivity index (χ0) is 21.9. The van der Waals surface area contributed by atoms with Crippen LogP contribution in [0.15, 0.2) is 33.4 Å². The Morgan fingerprint density at radius 1 is 1.27 bits per heavy atom. The van der Waals surface area contributed by atoms with E-state index in [0.29, 0.717) is 5.91 Å². The van der Waals surface area contributed by atoms with E-state index in [1.807, 2.05) is 35.4 Å². The highest BCUT2D eigenvalue weighted by Crippen LogP contribution is 2.42. The number of piperidine rings is 1. The molecule has 2 aromatic heterocycles. The van der Waals surface area contributed by atoms with Crippen LogP contribution in [0.25, 0.3) is 0 Å². The maximum atomic E-state index is 13.1. The average molecular weight is 444 g/mol. The van der Waals surface area contributed by atoms with Crippen molar-refractivity contribution in [2.45, 2.75) is 38.9 Å². The molecule has 10 heteroatoms. The number of thiophene rings is 1. The zero-order valence-corrected chi connectivity index (χ0v) is 17.3. The van der Waals surface area contributed by atoms with Crippen molar-refractivity contribution < 1.29 is 32.3 Å². The lowest BCUT2D eigenvalue weighted by Crippen LogP contribution is -2.47. The van der Waals surface area contributed by atoms with Gasteiger partial charge in [-0.15, -0.1) is 0 Å². The van der Waals surface area contributed by atoms with Crippen LogP contribution < -0.4 is 4.90 Å². The van der Waals surface area contributed by atoms with E-state index in [1.54, 1.807) is 11.3 Å². The molecule has 1 unspecified atom stereocenters. The molecule has 0 bridgehead atoms. The molecule has 0 radical (unpaired) electrons. The molecule has 2 fully saturated rings. The number of carbonyl (C=O) groups excluding carboxylic acids is 1. The van der Waals surface area contributed by atoms with Gasteiger partial charge in [0.1, 0.15) is 11.5 Å². The van der Waals surface area contributed by atoms with Gasteiger partial charge in [0.2, 0.25) is 5.91 Å². The van der Waals surface area contributed by atoms with Crippen LogP contribution in [0.5, 0.6) is 0 Å². The van der Waals surface area contributed by atoms with E-state index in [1.165, 1.54) is 0 Å². The van der Waals surface area contributed by atoms with Crippen LogP contribution in [0, 0.1) is 12.3 Å². The molecule has 164 valence electrons. The van der Waals surface area contributed by atoms with Gasteiger partial charge in [-0.05, 0) is 56.3 Å². The van der Waals surface area contributed by atoms with Crippen LogP contribution in [0.2, 0.25) is 0 Å². The summed E-state index contributed by atoms with van der Waals surface area (Å²) >= 11 is 1.65. The van der Waals surface area contributed by atoms with Crippen molar-refractivity contribution in [3.05, 3.63) is 40.5 Å². The quantitative estimate of drug-likeness (QED) is 0.764. The molecule has 4 rings (SSSR count). The second kappa shape index (κ2) is 8.81. The number of aryl methyl sites for hydroxylation is 1. The Bertz CT molecular complexity index is 881. The third-order valence-electron chi connectivity index (χ3n) is 5.40. The third-order valence-corrected chi connectivity index (χ3v) is 6.08. The Balaban J connectivity index is 0.000000318. The predicted octanol–water partition coefficient (Wildman–Crippen LogP) is 4.30. The number of hydrogen-bond acceptors (Lipinski definition) is 5. The minimum absolute atomic E-state index is 0.193. The molecule has 1 spiro atoms. The number of amides is 1. The van der Waals surface area contributed by atoms with Gasteiger partial charge in [-0.1, -0.05) is 0 Å². The minimum Gasteiger partial charge on any atom is -0.475 e. The number of nitrogens with zero attached hydrogens (tertiary/aromatic N) is 2. The largest absolute Gasteiger partial charge is 0.490 e. The first kappa shape index (κ1) is 22.4. The minimum atomic E-state index is -5.08. The van der Waals surface area contributed by atoms with Gasteiger partial charge in [-0.25, -0.2) is 4.79 Å². The molecule has 6 nitrogen and oxygen atoms in total. The third kappa shape index (κ3) is 5.04.